The van der Waals surface area contributed by atoms with Crippen molar-refractivity contribution in [3.8, 4) is 11.1 Å². The Bertz CT molecular complexity index is 497. The van der Waals surface area contributed by atoms with E-state index in [1.807, 2.05) is 12.1 Å². The fourth-order valence-electron chi connectivity index (χ4n) is 1.45. The molecule has 15 heavy (non-hydrogen) atoms. The molecule has 0 atom stereocenters. The summed E-state index contributed by atoms with van der Waals surface area (Å²) < 4.78 is 14.4. The van der Waals surface area contributed by atoms with Gasteiger partial charge in [-0.2, -0.15) is 0 Å². The van der Waals surface area contributed by atoms with Gasteiger partial charge in [-0.3, -0.25) is 0 Å². The highest BCUT2D eigenvalue weighted by Crippen LogP contribution is 2.30. The number of hydrogen-bond donors (Lipinski definition) is 1. The number of anilines is 1. The molecule has 0 aromatic heterocycles. The number of hydrogen-bond acceptors (Lipinski definition) is 1. The van der Waals surface area contributed by atoms with Crippen LogP contribution in [0, 0.1) is 5.82 Å². The lowest BCUT2D eigenvalue weighted by atomic mass is 10.0. The second kappa shape index (κ2) is 4.03. The highest BCUT2D eigenvalue weighted by atomic mass is 79.9. The minimum atomic E-state index is -0.267. The Hall–Kier alpha value is -1.35. The first-order valence-electron chi connectivity index (χ1n) is 4.48. The van der Waals surface area contributed by atoms with Crippen LogP contribution in [0.2, 0.25) is 0 Å². The first-order chi connectivity index (χ1) is 7.18. The molecule has 76 valence electrons. The summed E-state index contributed by atoms with van der Waals surface area (Å²) >= 11 is 3.31. The molecule has 0 fully saturated rings. The minimum Gasteiger partial charge on any atom is -0.398 e. The lowest BCUT2D eigenvalue weighted by Crippen LogP contribution is -1.91. The minimum absolute atomic E-state index is 0.267. The predicted octanol–water partition coefficient (Wildman–Crippen LogP) is 3.84. The van der Waals surface area contributed by atoms with E-state index in [-0.39, 0.29) is 5.82 Å². The van der Waals surface area contributed by atoms with Crippen molar-refractivity contribution in [3.63, 3.8) is 0 Å². The van der Waals surface area contributed by atoms with E-state index in [1.165, 1.54) is 6.07 Å². The molecule has 3 heteroatoms. The van der Waals surface area contributed by atoms with E-state index >= 15 is 0 Å². The number of rotatable bonds is 1. The van der Waals surface area contributed by atoms with Gasteiger partial charge in [-0.05, 0) is 24.3 Å². The summed E-state index contributed by atoms with van der Waals surface area (Å²) in [4.78, 5) is 0. The number of para-hydroxylation sites is 1. The molecular formula is C12H9BrFN. The van der Waals surface area contributed by atoms with E-state index in [0.29, 0.717) is 11.3 Å². The Balaban J connectivity index is 2.64. The molecule has 0 unspecified atom stereocenters. The standard InChI is InChI=1S/C12H9BrFN/c13-8-5-6-11(14)10(7-8)9-3-1-2-4-12(9)15/h1-7H,15H2. The van der Waals surface area contributed by atoms with E-state index in [0.717, 1.165) is 10.0 Å². The van der Waals surface area contributed by atoms with Crippen LogP contribution < -0.4 is 5.73 Å². The number of nitrogens with two attached hydrogens (primary N) is 1. The molecule has 0 aliphatic heterocycles. The Labute approximate surface area is 95.9 Å². The van der Waals surface area contributed by atoms with Crippen molar-refractivity contribution in [2.45, 2.75) is 0 Å². The molecule has 0 saturated heterocycles. The first-order valence-corrected chi connectivity index (χ1v) is 5.28. The van der Waals surface area contributed by atoms with Gasteiger partial charge in [0.05, 0.1) is 0 Å². The lowest BCUT2D eigenvalue weighted by Gasteiger charge is -2.07. The van der Waals surface area contributed by atoms with Crippen LogP contribution in [-0.2, 0) is 0 Å². The maximum atomic E-state index is 13.6. The molecule has 2 aromatic carbocycles. The van der Waals surface area contributed by atoms with Gasteiger partial charge in [0.1, 0.15) is 5.82 Å². The molecule has 0 aliphatic carbocycles. The largest absolute Gasteiger partial charge is 0.398 e. The van der Waals surface area contributed by atoms with E-state index in [1.54, 1.807) is 24.3 Å². The smallest absolute Gasteiger partial charge is 0.131 e. The molecule has 0 heterocycles. The second-order valence-corrected chi connectivity index (χ2v) is 4.13. The zero-order valence-corrected chi connectivity index (χ0v) is 9.46. The number of nitrogen functional groups attached to an aromatic ring is 1. The van der Waals surface area contributed by atoms with E-state index in [2.05, 4.69) is 15.9 Å². The third-order valence-corrected chi connectivity index (χ3v) is 2.67. The average Bonchev–Trinajstić information content (AvgIpc) is 2.23. The van der Waals surface area contributed by atoms with Crippen LogP contribution in [0.4, 0.5) is 10.1 Å². The van der Waals surface area contributed by atoms with Crippen LogP contribution in [0.3, 0.4) is 0 Å². The quantitative estimate of drug-likeness (QED) is 0.780. The maximum Gasteiger partial charge on any atom is 0.131 e. The van der Waals surface area contributed by atoms with Crippen LogP contribution in [0.15, 0.2) is 46.9 Å². The Morgan fingerprint density at radius 3 is 2.47 bits per heavy atom. The Kier molecular flexibility index (Phi) is 2.73. The zero-order chi connectivity index (χ0) is 10.8. The third-order valence-electron chi connectivity index (χ3n) is 2.18. The van der Waals surface area contributed by atoms with Gasteiger partial charge in [0.25, 0.3) is 0 Å². The lowest BCUT2D eigenvalue weighted by molar-refractivity contribution is 0.631. The molecule has 0 spiro atoms. The van der Waals surface area contributed by atoms with E-state index < -0.39 is 0 Å². The summed E-state index contributed by atoms with van der Waals surface area (Å²) in [6.45, 7) is 0. The highest BCUT2D eigenvalue weighted by Gasteiger charge is 2.07. The van der Waals surface area contributed by atoms with Crippen LogP contribution in [0.1, 0.15) is 0 Å². The summed E-state index contributed by atoms with van der Waals surface area (Å²) in [5.74, 6) is -0.267. The third kappa shape index (κ3) is 2.02. The van der Waals surface area contributed by atoms with Crippen molar-refractivity contribution in [3.05, 3.63) is 52.8 Å². The Morgan fingerprint density at radius 2 is 1.73 bits per heavy atom. The van der Waals surface area contributed by atoms with Crippen molar-refractivity contribution in [1.29, 1.82) is 0 Å². The monoisotopic (exact) mass is 265 g/mol. The van der Waals surface area contributed by atoms with Crippen LogP contribution in [0.5, 0.6) is 0 Å². The molecule has 0 radical (unpaired) electrons. The van der Waals surface area contributed by atoms with Crippen LogP contribution in [0.25, 0.3) is 11.1 Å². The van der Waals surface area contributed by atoms with E-state index in [9.17, 15) is 4.39 Å². The van der Waals surface area contributed by atoms with Gasteiger partial charge in [0.2, 0.25) is 0 Å². The van der Waals surface area contributed by atoms with Gasteiger partial charge in [-0.1, -0.05) is 34.1 Å². The maximum absolute atomic E-state index is 13.6. The van der Waals surface area contributed by atoms with Crippen LogP contribution in [-0.4, -0.2) is 0 Å². The molecule has 2 aromatic rings. The number of halogens is 2. The molecule has 0 bridgehead atoms. The van der Waals surface area contributed by atoms with Gasteiger partial charge >= 0.3 is 0 Å². The van der Waals surface area contributed by atoms with Gasteiger partial charge in [0, 0.05) is 21.3 Å². The van der Waals surface area contributed by atoms with Gasteiger partial charge in [0.15, 0.2) is 0 Å². The zero-order valence-electron chi connectivity index (χ0n) is 7.87. The van der Waals surface area contributed by atoms with Gasteiger partial charge in [-0.15, -0.1) is 0 Å². The molecule has 0 amide bonds. The molecule has 1 nitrogen and oxygen atoms in total. The van der Waals surface area contributed by atoms with Crippen molar-refractivity contribution >= 4 is 21.6 Å². The predicted molar refractivity (Wildman–Crippen MR) is 63.9 cm³/mol. The van der Waals surface area contributed by atoms with Crippen molar-refractivity contribution in [2.75, 3.05) is 5.73 Å². The SMILES string of the molecule is Nc1ccccc1-c1cc(Br)ccc1F. The Morgan fingerprint density at radius 1 is 1.00 bits per heavy atom. The number of benzene rings is 2. The normalized spacial score (nSPS) is 10.3. The topological polar surface area (TPSA) is 26.0 Å². The second-order valence-electron chi connectivity index (χ2n) is 3.21. The average molecular weight is 266 g/mol. The summed E-state index contributed by atoms with van der Waals surface area (Å²) in [5.41, 5.74) is 7.60. The molecular weight excluding hydrogens is 257 g/mol. The summed E-state index contributed by atoms with van der Waals surface area (Å²) in [5, 5.41) is 0. The molecule has 2 rings (SSSR count). The van der Waals surface area contributed by atoms with Crippen molar-refractivity contribution in [2.24, 2.45) is 0 Å². The van der Waals surface area contributed by atoms with Gasteiger partial charge < -0.3 is 5.73 Å². The molecule has 2 N–H and O–H groups in total. The fraction of sp³-hybridized carbons (Fsp3) is 0. The van der Waals surface area contributed by atoms with Gasteiger partial charge in [-0.25, -0.2) is 4.39 Å². The molecule has 0 saturated carbocycles. The van der Waals surface area contributed by atoms with Crippen molar-refractivity contribution in [1.82, 2.24) is 0 Å². The van der Waals surface area contributed by atoms with Crippen LogP contribution >= 0.6 is 15.9 Å². The summed E-state index contributed by atoms with van der Waals surface area (Å²) in [6, 6.07) is 12.0. The molecule has 0 aliphatic rings. The first kappa shape index (κ1) is 10.2. The van der Waals surface area contributed by atoms with Crippen molar-refractivity contribution < 1.29 is 4.39 Å². The summed E-state index contributed by atoms with van der Waals surface area (Å²) in [6.07, 6.45) is 0. The highest BCUT2D eigenvalue weighted by molar-refractivity contribution is 9.10. The van der Waals surface area contributed by atoms with E-state index in [4.69, 9.17) is 5.73 Å². The summed E-state index contributed by atoms with van der Waals surface area (Å²) in [7, 11) is 0. The fourth-order valence-corrected chi connectivity index (χ4v) is 1.81.